The van der Waals surface area contributed by atoms with Crippen LogP contribution in [0.3, 0.4) is 0 Å². The van der Waals surface area contributed by atoms with Gasteiger partial charge in [0.2, 0.25) is 0 Å². The highest BCUT2D eigenvalue weighted by Gasteiger charge is 2.30. The third kappa shape index (κ3) is 3.40. The first-order chi connectivity index (χ1) is 11.7. The van der Waals surface area contributed by atoms with Gasteiger partial charge in [0.25, 0.3) is 0 Å². The summed E-state index contributed by atoms with van der Waals surface area (Å²) in [5.74, 6) is 1.23. The van der Waals surface area contributed by atoms with Gasteiger partial charge in [0.1, 0.15) is 11.6 Å². The zero-order valence-electron chi connectivity index (χ0n) is 13.7. The zero-order valence-corrected chi connectivity index (χ0v) is 13.7. The minimum atomic E-state index is -0.172. The number of nitrogens with zero attached hydrogens (tertiary/aromatic N) is 3. The van der Waals surface area contributed by atoms with Crippen LogP contribution in [0.1, 0.15) is 24.4 Å². The number of likely N-dealkylation sites (tertiary alicyclic amines) is 1. The molecule has 0 aliphatic carbocycles. The molecule has 0 unspecified atom stereocenters. The number of nitrogens with one attached hydrogen (secondary N) is 1. The van der Waals surface area contributed by atoms with Gasteiger partial charge in [-0.1, -0.05) is 12.1 Å². The maximum atomic E-state index is 12.6. The minimum Gasteiger partial charge on any atom is -0.497 e. The van der Waals surface area contributed by atoms with E-state index in [-0.39, 0.29) is 18.1 Å². The van der Waals surface area contributed by atoms with Crippen LogP contribution in [-0.2, 0) is 0 Å². The van der Waals surface area contributed by atoms with E-state index in [1.807, 2.05) is 29.2 Å². The molecule has 2 aromatic rings. The Bertz CT molecular complexity index is 705. The Labute approximate surface area is 140 Å². The lowest BCUT2D eigenvalue weighted by Gasteiger charge is -2.25. The lowest BCUT2D eigenvalue weighted by atomic mass is 10.0. The standard InChI is InChI=1S/C17H20N4O3/c1-23-13-7-5-12(6-8-13)14-4-3-11-21(14)17(22)20-15-9-10-18-16(19-15)24-2/h5-10,14H,3-4,11H2,1-2H3,(H,18,19,20,22)/t14-/m1/s1. The van der Waals surface area contributed by atoms with Crippen LogP contribution in [-0.4, -0.2) is 41.7 Å². The van der Waals surface area contributed by atoms with Gasteiger partial charge in [0, 0.05) is 12.7 Å². The summed E-state index contributed by atoms with van der Waals surface area (Å²) in [6.45, 7) is 0.713. The number of anilines is 1. The summed E-state index contributed by atoms with van der Waals surface area (Å²) >= 11 is 0. The maximum Gasteiger partial charge on any atom is 0.323 e. The molecule has 1 aromatic carbocycles. The molecule has 1 N–H and O–H groups in total. The van der Waals surface area contributed by atoms with Crippen molar-refractivity contribution in [1.29, 1.82) is 0 Å². The monoisotopic (exact) mass is 328 g/mol. The molecule has 7 nitrogen and oxygen atoms in total. The van der Waals surface area contributed by atoms with E-state index >= 15 is 0 Å². The van der Waals surface area contributed by atoms with Gasteiger partial charge in [0.15, 0.2) is 0 Å². The van der Waals surface area contributed by atoms with Gasteiger partial charge < -0.3 is 14.4 Å². The number of carbonyl (C=O) groups is 1. The Morgan fingerprint density at radius 2 is 2.00 bits per heavy atom. The number of benzene rings is 1. The van der Waals surface area contributed by atoms with Gasteiger partial charge in [-0.15, -0.1) is 0 Å². The van der Waals surface area contributed by atoms with Crippen molar-refractivity contribution >= 4 is 11.8 Å². The quantitative estimate of drug-likeness (QED) is 0.934. The zero-order chi connectivity index (χ0) is 16.9. The lowest BCUT2D eigenvalue weighted by molar-refractivity contribution is 0.207. The van der Waals surface area contributed by atoms with Crippen molar-refractivity contribution in [2.24, 2.45) is 0 Å². The lowest BCUT2D eigenvalue weighted by Crippen LogP contribution is -2.34. The van der Waals surface area contributed by atoms with Crippen molar-refractivity contribution in [2.45, 2.75) is 18.9 Å². The molecule has 0 radical (unpaired) electrons. The van der Waals surface area contributed by atoms with Crippen molar-refractivity contribution in [3.05, 3.63) is 42.1 Å². The summed E-state index contributed by atoms with van der Waals surface area (Å²) in [4.78, 5) is 22.5. The first-order valence-electron chi connectivity index (χ1n) is 7.80. The van der Waals surface area contributed by atoms with Gasteiger partial charge in [-0.25, -0.2) is 9.78 Å². The molecule has 0 saturated carbocycles. The topological polar surface area (TPSA) is 76.6 Å². The smallest absolute Gasteiger partial charge is 0.323 e. The summed E-state index contributed by atoms with van der Waals surface area (Å²) in [5.41, 5.74) is 1.10. The SMILES string of the molecule is COc1ccc([C@H]2CCCN2C(=O)Nc2ccnc(OC)n2)cc1. The van der Waals surface area contributed by atoms with E-state index in [4.69, 9.17) is 9.47 Å². The molecule has 1 aliphatic rings. The van der Waals surface area contributed by atoms with E-state index in [1.165, 1.54) is 7.11 Å². The molecule has 7 heteroatoms. The van der Waals surface area contributed by atoms with Crippen LogP contribution < -0.4 is 14.8 Å². The third-order valence-corrected chi connectivity index (χ3v) is 4.07. The number of rotatable bonds is 4. The number of hydrogen-bond donors (Lipinski definition) is 1. The number of urea groups is 1. The van der Waals surface area contributed by atoms with Gasteiger partial charge in [-0.3, -0.25) is 5.32 Å². The first-order valence-corrected chi connectivity index (χ1v) is 7.80. The molecule has 1 atom stereocenters. The van der Waals surface area contributed by atoms with Crippen LogP contribution in [0.25, 0.3) is 0 Å². The van der Waals surface area contributed by atoms with Crippen LogP contribution in [0.15, 0.2) is 36.5 Å². The molecule has 24 heavy (non-hydrogen) atoms. The normalized spacial score (nSPS) is 16.8. The van der Waals surface area contributed by atoms with Crippen LogP contribution in [0.4, 0.5) is 10.6 Å². The maximum absolute atomic E-state index is 12.6. The summed E-state index contributed by atoms with van der Waals surface area (Å²) in [7, 11) is 3.13. The molecule has 1 aliphatic heterocycles. The molecule has 0 spiro atoms. The average Bonchev–Trinajstić information content (AvgIpc) is 3.12. The van der Waals surface area contributed by atoms with Gasteiger partial charge in [-0.2, -0.15) is 4.98 Å². The molecule has 3 rings (SSSR count). The van der Waals surface area contributed by atoms with E-state index in [0.29, 0.717) is 12.4 Å². The first kappa shape index (κ1) is 16.0. The minimum absolute atomic E-state index is 0.0552. The average molecular weight is 328 g/mol. The van der Waals surface area contributed by atoms with Gasteiger partial charge >= 0.3 is 12.0 Å². The number of amides is 2. The highest BCUT2D eigenvalue weighted by Crippen LogP contribution is 2.33. The Morgan fingerprint density at radius 3 is 2.71 bits per heavy atom. The Hall–Kier alpha value is -2.83. The molecule has 126 valence electrons. The molecule has 1 fully saturated rings. The molecule has 1 aromatic heterocycles. The van der Waals surface area contributed by atoms with E-state index < -0.39 is 0 Å². The summed E-state index contributed by atoms with van der Waals surface area (Å²) in [6.07, 6.45) is 3.45. The van der Waals surface area contributed by atoms with E-state index in [2.05, 4.69) is 15.3 Å². The van der Waals surface area contributed by atoms with Crippen molar-refractivity contribution in [2.75, 3.05) is 26.1 Å². The van der Waals surface area contributed by atoms with E-state index in [1.54, 1.807) is 19.4 Å². The third-order valence-electron chi connectivity index (χ3n) is 4.07. The Morgan fingerprint density at radius 1 is 1.21 bits per heavy atom. The van der Waals surface area contributed by atoms with Crippen LogP contribution in [0, 0.1) is 0 Å². The largest absolute Gasteiger partial charge is 0.497 e. The van der Waals surface area contributed by atoms with Gasteiger partial charge in [0.05, 0.1) is 20.3 Å². The predicted molar refractivity (Wildman–Crippen MR) is 89.3 cm³/mol. The van der Waals surface area contributed by atoms with Crippen LogP contribution in [0.5, 0.6) is 11.8 Å². The number of carbonyl (C=O) groups excluding carboxylic acids is 1. The number of methoxy groups -OCH3 is 2. The molecule has 0 bridgehead atoms. The summed E-state index contributed by atoms with van der Waals surface area (Å²) in [6, 6.07) is 9.58. The fraction of sp³-hybridized carbons (Fsp3) is 0.353. The number of ether oxygens (including phenoxy) is 2. The van der Waals surface area contributed by atoms with Crippen molar-refractivity contribution in [3.8, 4) is 11.8 Å². The number of hydrogen-bond acceptors (Lipinski definition) is 5. The van der Waals surface area contributed by atoms with Gasteiger partial charge in [-0.05, 0) is 36.6 Å². The molecular formula is C17H20N4O3. The molecule has 2 amide bonds. The van der Waals surface area contributed by atoms with Crippen molar-refractivity contribution in [1.82, 2.24) is 14.9 Å². The van der Waals surface area contributed by atoms with E-state index in [9.17, 15) is 4.79 Å². The highest BCUT2D eigenvalue weighted by atomic mass is 16.5. The van der Waals surface area contributed by atoms with Crippen LogP contribution in [0.2, 0.25) is 0 Å². The molecular weight excluding hydrogens is 308 g/mol. The van der Waals surface area contributed by atoms with Crippen LogP contribution >= 0.6 is 0 Å². The summed E-state index contributed by atoms with van der Waals surface area (Å²) in [5, 5.41) is 2.81. The predicted octanol–water partition coefficient (Wildman–Crippen LogP) is 2.86. The number of aromatic nitrogens is 2. The van der Waals surface area contributed by atoms with Crippen molar-refractivity contribution in [3.63, 3.8) is 0 Å². The second-order valence-corrected chi connectivity index (χ2v) is 5.48. The molecule has 1 saturated heterocycles. The summed E-state index contributed by atoms with van der Waals surface area (Å²) < 4.78 is 10.2. The second kappa shape index (κ2) is 7.16. The van der Waals surface area contributed by atoms with Crippen molar-refractivity contribution < 1.29 is 14.3 Å². The highest BCUT2D eigenvalue weighted by molar-refractivity contribution is 5.88. The van der Waals surface area contributed by atoms with E-state index in [0.717, 1.165) is 24.2 Å². The Balaban J connectivity index is 1.72. The second-order valence-electron chi connectivity index (χ2n) is 5.48. The fourth-order valence-electron chi connectivity index (χ4n) is 2.87. The molecule has 2 heterocycles. The Kier molecular flexibility index (Phi) is 4.79. The fourth-order valence-corrected chi connectivity index (χ4v) is 2.87.